The van der Waals surface area contributed by atoms with Crippen LogP contribution in [0.25, 0.3) is 0 Å². The number of aliphatic hydroxyl groups is 1. The maximum atomic E-state index is 13.1. The number of methoxy groups -OCH3 is 1. The molecule has 3 nitrogen and oxygen atoms in total. The first kappa shape index (κ1) is 18.3. The minimum atomic E-state index is -4.37. The Morgan fingerprint density at radius 3 is 2.71 bits per heavy atom. The van der Waals surface area contributed by atoms with Crippen molar-refractivity contribution in [2.45, 2.75) is 24.0 Å². The minimum absolute atomic E-state index is 0.0423. The lowest BCUT2D eigenvalue weighted by atomic mass is 10.1. The number of alkyl halides is 3. The van der Waals surface area contributed by atoms with E-state index in [1.165, 1.54) is 23.9 Å². The van der Waals surface area contributed by atoms with Crippen LogP contribution in [0.3, 0.4) is 0 Å². The standard InChI is InChI=1S/C14H20F3NO2S/c1-20-7-5-18-10-11-3-4-12(21-8-2-6-19)9-13(11)14(15,16)17/h3-4,9,18-19H,2,5-8,10H2,1H3. The number of hydrogen-bond acceptors (Lipinski definition) is 4. The number of nitrogens with one attached hydrogen (secondary N) is 1. The molecule has 0 bridgehead atoms. The molecule has 1 rings (SSSR count). The molecule has 0 radical (unpaired) electrons. The molecule has 7 heteroatoms. The third-order valence-corrected chi connectivity index (χ3v) is 3.84. The number of aliphatic hydroxyl groups excluding tert-OH is 1. The van der Waals surface area contributed by atoms with E-state index < -0.39 is 11.7 Å². The average molecular weight is 323 g/mol. The summed E-state index contributed by atoms with van der Waals surface area (Å²) in [5.41, 5.74) is -0.383. The van der Waals surface area contributed by atoms with Crippen molar-refractivity contribution in [3.8, 4) is 0 Å². The van der Waals surface area contributed by atoms with Crippen LogP contribution >= 0.6 is 11.8 Å². The molecular formula is C14H20F3NO2S. The van der Waals surface area contributed by atoms with Crippen LogP contribution in [-0.2, 0) is 17.5 Å². The molecule has 1 aromatic carbocycles. The van der Waals surface area contributed by atoms with E-state index in [4.69, 9.17) is 9.84 Å². The van der Waals surface area contributed by atoms with Gasteiger partial charge in [0.25, 0.3) is 0 Å². The zero-order valence-corrected chi connectivity index (χ0v) is 12.7. The van der Waals surface area contributed by atoms with Gasteiger partial charge in [0.1, 0.15) is 0 Å². The molecule has 0 aromatic heterocycles. The monoisotopic (exact) mass is 323 g/mol. The number of halogens is 3. The summed E-state index contributed by atoms with van der Waals surface area (Å²) in [4.78, 5) is 0.566. The van der Waals surface area contributed by atoms with E-state index in [9.17, 15) is 13.2 Å². The second-order valence-corrected chi connectivity index (χ2v) is 5.58. The molecule has 0 aliphatic rings. The third-order valence-electron chi connectivity index (χ3n) is 2.76. The molecule has 2 N–H and O–H groups in total. The Kier molecular flexibility index (Phi) is 8.10. The van der Waals surface area contributed by atoms with Crippen LogP contribution in [0.1, 0.15) is 17.5 Å². The maximum Gasteiger partial charge on any atom is 0.416 e. The third kappa shape index (κ3) is 6.69. The van der Waals surface area contributed by atoms with Gasteiger partial charge in [0.2, 0.25) is 0 Å². The van der Waals surface area contributed by atoms with Crippen molar-refractivity contribution < 1.29 is 23.0 Å². The topological polar surface area (TPSA) is 41.5 Å². The summed E-state index contributed by atoms with van der Waals surface area (Å²) >= 11 is 1.32. The van der Waals surface area contributed by atoms with Crippen molar-refractivity contribution in [3.63, 3.8) is 0 Å². The normalized spacial score (nSPS) is 11.9. The van der Waals surface area contributed by atoms with Crippen molar-refractivity contribution in [1.82, 2.24) is 5.32 Å². The highest BCUT2D eigenvalue weighted by Gasteiger charge is 2.33. The highest BCUT2D eigenvalue weighted by atomic mass is 32.2. The fourth-order valence-electron chi connectivity index (χ4n) is 1.72. The number of benzene rings is 1. The van der Waals surface area contributed by atoms with Gasteiger partial charge in [0.15, 0.2) is 0 Å². The molecule has 0 amide bonds. The molecule has 0 aliphatic carbocycles. The minimum Gasteiger partial charge on any atom is -0.396 e. The van der Waals surface area contributed by atoms with Crippen LogP contribution in [0.15, 0.2) is 23.1 Å². The van der Waals surface area contributed by atoms with E-state index in [0.717, 1.165) is 0 Å². The Labute approximate surface area is 126 Å². The van der Waals surface area contributed by atoms with Crippen molar-refractivity contribution in [1.29, 1.82) is 0 Å². The zero-order valence-electron chi connectivity index (χ0n) is 11.9. The van der Waals surface area contributed by atoms with Crippen LogP contribution in [0, 0.1) is 0 Å². The van der Waals surface area contributed by atoms with E-state index >= 15 is 0 Å². The highest BCUT2D eigenvalue weighted by molar-refractivity contribution is 7.99. The molecule has 0 unspecified atom stereocenters. The van der Waals surface area contributed by atoms with Crippen molar-refractivity contribution in [2.75, 3.05) is 32.6 Å². The summed E-state index contributed by atoms with van der Waals surface area (Å²) in [6.07, 6.45) is -3.81. The number of ether oxygens (including phenoxy) is 1. The van der Waals surface area contributed by atoms with Crippen LogP contribution < -0.4 is 5.32 Å². The molecule has 0 heterocycles. The van der Waals surface area contributed by atoms with Gasteiger partial charge in [0, 0.05) is 37.5 Å². The fraction of sp³-hybridized carbons (Fsp3) is 0.571. The second-order valence-electron chi connectivity index (χ2n) is 4.41. The molecule has 21 heavy (non-hydrogen) atoms. The van der Waals surface area contributed by atoms with Gasteiger partial charge in [0.05, 0.1) is 12.2 Å². The second kappa shape index (κ2) is 9.30. The van der Waals surface area contributed by atoms with Crippen LogP contribution in [0.4, 0.5) is 13.2 Å². The predicted octanol–water partition coefficient (Wildman–Crippen LogP) is 2.92. The number of thioether (sulfide) groups is 1. The molecule has 0 spiro atoms. The van der Waals surface area contributed by atoms with E-state index in [1.54, 1.807) is 13.2 Å². The van der Waals surface area contributed by atoms with Gasteiger partial charge in [-0.25, -0.2) is 0 Å². The number of rotatable bonds is 9. The molecule has 1 aromatic rings. The van der Waals surface area contributed by atoms with E-state index in [1.807, 2.05) is 0 Å². The summed E-state index contributed by atoms with van der Waals surface area (Å²) in [6, 6.07) is 4.36. The van der Waals surface area contributed by atoms with E-state index in [-0.39, 0.29) is 18.7 Å². The molecule has 0 fully saturated rings. The van der Waals surface area contributed by atoms with Gasteiger partial charge in [-0.15, -0.1) is 11.8 Å². The maximum absolute atomic E-state index is 13.1. The van der Waals surface area contributed by atoms with E-state index in [0.29, 0.717) is 30.2 Å². The number of hydrogen-bond donors (Lipinski definition) is 2. The summed E-state index contributed by atoms with van der Waals surface area (Å²) in [5, 5.41) is 11.6. The first-order chi connectivity index (χ1) is 9.99. The fourth-order valence-corrected chi connectivity index (χ4v) is 2.59. The largest absolute Gasteiger partial charge is 0.416 e. The lowest BCUT2D eigenvalue weighted by Gasteiger charge is -2.15. The zero-order chi connectivity index (χ0) is 15.7. The highest BCUT2D eigenvalue weighted by Crippen LogP contribution is 2.34. The van der Waals surface area contributed by atoms with Gasteiger partial charge < -0.3 is 15.2 Å². The van der Waals surface area contributed by atoms with Crippen LogP contribution in [0.5, 0.6) is 0 Å². The first-order valence-electron chi connectivity index (χ1n) is 6.62. The van der Waals surface area contributed by atoms with Gasteiger partial charge >= 0.3 is 6.18 Å². The van der Waals surface area contributed by atoms with Crippen LogP contribution in [0.2, 0.25) is 0 Å². The van der Waals surface area contributed by atoms with Gasteiger partial charge in [-0.05, 0) is 24.1 Å². The van der Waals surface area contributed by atoms with Gasteiger partial charge in [-0.2, -0.15) is 13.2 Å². The van der Waals surface area contributed by atoms with Crippen molar-refractivity contribution >= 4 is 11.8 Å². The molecule has 0 aliphatic heterocycles. The Morgan fingerprint density at radius 1 is 1.33 bits per heavy atom. The molecular weight excluding hydrogens is 303 g/mol. The summed E-state index contributed by atoms with van der Waals surface area (Å²) in [5.74, 6) is 0.596. The Hall–Kier alpha value is -0.760. The van der Waals surface area contributed by atoms with Gasteiger partial charge in [-0.1, -0.05) is 6.07 Å². The van der Waals surface area contributed by atoms with Crippen molar-refractivity contribution in [3.05, 3.63) is 29.3 Å². The smallest absolute Gasteiger partial charge is 0.396 e. The quantitative estimate of drug-likeness (QED) is 0.542. The first-order valence-corrected chi connectivity index (χ1v) is 7.61. The Bertz CT molecular complexity index is 427. The molecule has 0 saturated carbocycles. The lowest BCUT2D eigenvalue weighted by molar-refractivity contribution is -0.138. The molecule has 0 atom stereocenters. The SMILES string of the molecule is COCCNCc1ccc(SCCCO)cc1C(F)(F)F. The van der Waals surface area contributed by atoms with Gasteiger partial charge in [-0.3, -0.25) is 0 Å². The molecule has 120 valence electrons. The Balaban J connectivity index is 2.77. The average Bonchev–Trinajstić information content (AvgIpc) is 2.44. The van der Waals surface area contributed by atoms with Crippen molar-refractivity contribution in [2.24, 2.45) is 0 Å². The summed E-state index contributed by atoms with van der Waals surface area (Å²) in [6.45, 7) is 1.15. The van der Waals surface area contributed by atoms with Crippen LogP contribution in [-0.4, -0.2) is 37.7 Å². The lowest BCUT2D eigenvalue weighted by Crippen LogP contribution is -2.21. The Morgan fingerprint density at radius 2 is 2.10 bits per heavy atom. The summed E-state index contributed by atoms with van der Waals surface area (Å²) < 4.78 is 44.1. The summed E-state index contributed by atoms with van der Waals surface area (Å²) in [7, 11) is 1.54. The predicted molar refractivity (Wildman–Crippen MR) is 77.5 cm³/mol. The van der Waals surface area contributed by atoms with E-state index in [2.05, 4.69) is 5.32 Å². The molecule has 0 saturated heterocycles.